The number of rotatable bonds is 2. The Kier molecular flexibility index (Phi) is 2.05. The topological polar surface area (TPSA) is 37.3 Å². The molecule has 0 spiro atoms. The van der Waals surface area contributed by atoms with Crippen LogP contribution >= 0.6 is 0 Å². The van der Waals surface area contributed by atoms with E-state index >= 15 is 0 Å². The zero-order chi connectivity index (χ0) is 9.26. The van der Waals surface area contributed by atoms with Gasteiger partial charge in [-0.15, -0.1) is 0 Å². The van der Waals surface area contributed by atoms with Crippen LogP contribution in [0.2, 0.25) is 0 Å². The molecule has 1 aromatic rings. The highest BCUT2D eigenvalue weighted by molar-refractivity contribution is 5.89. The lowest BCUT2D eigenvalue weighted by atomic mass is 9.78. The zero-order valence-electron chi connectivity index (χ0n) is 7.36. The van der Waals surface area contributed by atoms with Crippen LogP contribution in [0.4, 0.5) is 0 Å². The van der Waals surface area contributed by atoms with Crippen molar-refractivity contribution in [2.75, 3.05) is 0 Å². The van der Waals surface area contributed by atoms with E-state index < -0.39 is 5.97 Å². The molecule has 0 bridgehead atoms. The molecule has 1 aliphatic carbocycles. The van der Waals surface area contributed by atoms with E-state index in [1.54, 1.807) is 12.1 Å². The van der Waals surface area contributed by atoms with Gasteiger partial charge in [-0.2, -0.15) is 0 Å². The van der Waals surface area contributed by atoms with E-state index in [0.717, 1.165) is 18.4 Å². The Labute approximate surface area is 77.2 Å². The van der Waals surface area contributed by atoms with Crippen molar-refractivity contribution < 1.29 is 9.90 Å². The maximum absolute atomic E-state index is 10.9. The smallest absolute Gasteiger partial charge is 0.335 e. The van der Waals surface area contributed by atoms with Crippen LogP contribution in [0.25, 0.3) is 0 Å². The van der Waals surface area contributed by atoms with E-state index in [2.05, 4.69) is 0 Å². The highest BCUT2D eigenvalue weighted by atomic mass is 16.4. The fourth-order valence-corrected chi connectivity index (χ4v) is 1.77. The molecular weight excluding hydrogens is 164 g/mol. The second-order valence-electron chi connectivity index (χ2n) is 3.52. The number of carbonyl (C=O) groups is 1. The van der Waals surface area contributed by atoms with Crippen LogP contribution in [0.3, 0.4) is 0 Å². The quantitative estimate of drug-likeness (QED) is 0.752. The maximum Gasteiger partial charge on any atom is 0.335 e. The zero-order valence-corrected chi connectivity index (χ0v) is 7.36. The molecule has 1 aliphatic rings. The van der Waals surface area contributed by atoms with Crippen molar-refractivity contribution in [1.82, 2.24) is 0 Å². The first-order valence-corrected chi connectivity index (χ1v) is 4.61. The van der Waals surface area contributed by atoms with Gasteiger partial charge in [0, 0.05) is 0 Å². The van der Waals surface area contributed by atoms with Crippen molar-refractivity contribution in [2.45, 2.75) is 25.2 Å². The number of hydrogen-bond acceptors (Lipinski definition) is 1. The fraction of sp³-hybridized carbons (Fsp3) is 0.364. The molecule has 0 radical (unpaired) electrons. The molecule has 13 heavy (non-hydrogen) atoms. The summed E-state index contributed by atoms with van der Waals surface area (Å²) in [5.41, 5.74) is 1.49. The van der Waals surface area contributed by atoms with Crippen LogP contribution < -0.4 is 0 Å². The summed E-state index contributed by atoms with van der Waals surface area (Å²) in [6.07, 6.45) is 3.52. The summed E-state index contributed by atoms with van der Waals surface area (Å²) >= 11 is 0. The van der Waals surface area contributed by atoms with Crippen molar-refractivity contribution in [3.8, 4) is 0 Å². The summed E-state index contributed by atoms with van der Waals surface area (Å²) in [5.74, 6) is -0.310. The Morgan fingerprint density at radius 3 is 2.54 bits per heavy atom. The molecule has 68 valence electrons. The minimum atomic E-state index is -0.803. The van der Waals surface area contributed by atoms with Crippen LogP contribution in [-0.4, -0.2) is 11.1 Å². The minimum Gasteiger partial charge on any atom is -0.478 e. The third-order valence-corrected chi connectivity index (χ3v) is 2.74. The summed E-state index contributed by atoms with van der Waals surface area (Å²) in [7, 11) is 0. The number of carboxylic acid groups (broad SMARTS) is 1. The van der Waals surface area contributed by atoms with E-state index in [-0.39, 0.29) is 0 Å². The molecule has 0 heterocycles. The number of aromatic carboxylic acids is 1. The first-order chi connectivity index (χ1) is 6.29. The standard InChI is InChI=1S/C11H12O2/c12-11(13)10-7-2-1-6-9(10)8-4-3-5-8/h1-2,6-8H,3-5H2,(H,12,13). The third kappa shape index (κ3) is 1.44. The molecule has 0 aliphatic heterocycles. The molecule has 2 heteroatoms. The Bertz CT molecular complexity index is 327. The van der Waals surface area contributed by atoms with Crippen LogP contribution in [0.15, 0.2) is 24.3 Å². The number of benzene rings is 1. The second kappa shape index (κ2) is 3.21. The van der Waals surface area contributed by atoms with Gasteiger partial charge in [0.1, 0.15) is 0 Å². The van der Waals surface area contributed by atoms with Crippen LogP contribution in [0.5, 0.6) is 0 Å². The highest BCUT2D eigenvalue weighted by Gasteiger charge is 2.23. The Morgan fingerprint density at radius 1 is 1.31 bits per heavy atom. The van der Waals surface area contributed by atoms with Gasteiger partial charge in [-0.1, -0.05) is 24.6 Å². The van der Waals surface area contributed by atoms with Crippen molar-refractivity contribution in [3.05, 3.63) is 35.4 Å². The summed E-state index contributed by atoms with van der Waals surface area (Å²) in [6, 6.07) is 7.33. The third-order valence-electron chi connectivity index (χ3n) is 2.74. The van der Waals surface area contributed by atoms with Gasteiger partial charge < -0.3 is 5.11 Å². The molecule has 1 aromatic carbocycles. The predicted molar refractivity (Wildman–Crippen MR) is 50.0 cm³/mol. The molecule has 0 amide bonds. The Hall–Kier alpha value is -1.31. The van der Waals surface area contributed by atoms with Crippen molar-refractivity contribution in [3.63, 3.8) is 0 Å². The molecule has 0 unspecified atom stereocenters. The maximum atomic E-state index is 10.9. The number of hydrogen-bond donors (Lipinski definition) is 1. The number of carboxylic acids is 1. The first-order valence-electron chi connectivity index (χ1n) is 4.61. The van der Waals surface area contributed by atoms with E-state index in [0.29, 0.717) is 11.5 Å². The van der Waals surface area contributed by atoms with Crippen LogP contribution in [0.1, 0.15) is 41.1 Å². The molecule has 2 nitrogen and oxygen atoms in total. The van der Waals surface area contributed by atoms with E-state index in [1.807, 2.05) is 12.1 Å². The lowest BCUT2D eigenvalue weighted by Crippen LogP contribution is -2.13. The van der Waals surface area contributed by atoms with Crippen molar-refractivity contribution in [1.29, 1.82) is 0 Å². The molecule has 0 atom stereocenters. The summed E-state index contributed by atoms with van der Waals surface area (Å²) in [4.78, 5) is 10.9. The van der Waals surface area contributed by atoms with Gasteiger partial charge in [-0.3, -0.25) is 0 Å². The van der Waals surface area contributed by atoms with Gasteiger partial charge in [-0.05, 0) is 30.4 Å². The van der Waals surface area contributed by atoms with Gasteiger partial charge in [0.2, 0.25) is 0 Å². The largest absolute Gasteiger partial charge is 0.478 e. The van der Waals surface area contributed by atoms with E-state index in [4.69, 9.17) is 5.11 Å². The minimum absolute atomic E-state index is 0.479. The summed E-state index contributed by atoms with van der Waals surface area (Å²) in [5, 5.41) is 8.93. The second-order valence-corrected chi connectivity index (χ2v) is 3.52. The van der Waals surface area contributed by atoms with Gasteiger partial charge in [0.05, 0.1) is 5.56 Å². The SMILES string of the molecule is O=C(O)c1ccccc1C1CCC1. The molecular formula is C11H12O2. The Balaban J connectivity index is 2.36. The molecule has 1 fully saturated rings. The highest BCUT2D eigenvalue weighted by Crippen LogP contribution is 2.37. The van der Waals surface area contributed by atoms with E-state index in [1.165, 1.54) is 6.42 Å². The molecule has 2 rings (SSSR count). The molecule has 1 saturated carbocycles. The van der Waals surface area contributed by atoms with Gasteiger partial charge in [0.25, 0.3) is 0 Å². The fourth-order valence-electron chi connectivity index (χ4n) is 1.77. The average Bonchev–Trinajstić information content (AvgIpc) is 2.02. The monoisotopic (exact) mass is 176 g/mol. The van der Waals surface area contributed by atoms with E-state index in [9.17, 15) is 4.79 Å². The summed E-state index contributed by atoms with van der Waals surface area (Å²) in [6.45, 7) is 0. The van der Waals surface area contributed by atoms with Crippen LogP contribution in [0, 0.1) is 0 Å². The lowest BCUT2D eigenvalue weighted by molar-refractivity contribution is 0.0694. The van der Waals surface area contributed by atoms with Crippen LogP contribution in [-0.2, 0) is 0 Å². The van der Waals surface area contributed by atoms with Gasteiger partial charge in [-0.25, -0.2) is 4.79 Å². The van der Waals surface area contributed by atoms with Crippen molar-refractivity contribution in [2.24, 2.45) is 0 Å². The average molecular weight is 176 g/mol. The summed E-state index contributed by atoms with van der Waals surface area (Å²) < 4.78 is 0. The lowest BCUT2D eigenvalue weighted by Gasteiger charge is -2.26. The predicted octanol–water partition coefficient (Wildman–Crippen LogP) is 2.65. The van der Waals surface area contributed by atoms with Gasteiger partial charge in [0.15, 0.2) is 0 Å². The molecule has 1 N–H and O–H groups in total. The Morgan fingerprint density at radius 2 is 2.00 bits per heavy atom. The first kappa shape index (κ1) is 8.30. The molecule has 0 saturated heterocycles. The van der Waals surface area contributed by atoms with Crippen molar-refractivity contribution >= 4 is 5.97 Å². The van der Waals surface area contributed by atoms with Gasteiger partial charge >= 0.3 is 5.97 Å². The molecule has 0 aromatic heterocycles. The normalized spacial score (nSPS) is 16.6.